The summed E-state index contributed by atoms with van der Waals surface area (Å²) in [6.07, 6.45) is -0.531. The fraction of sp³-hybridized carbons (Fsp3) is 0.533. The van der Waals surface area contributed by atoms with E-state index in [1.807, 2.05) is 33.9 Å². The summed E-state index contributed by atoms with van der Waals surface area (Å²) in [6, 6.07) is 3.28. The number of carboxylic acids is 1. The minimum absolute atomic E-state index is 0.0566. The summed E-state index contributed by atoms with van der Waals surface area (Å²) in [5, 5.41) is 8.66. The third kappa shape index (κ3) is 5.63. The highest BCUT2D eigenvalue weighted by molar-refractivity contribution is 7.88. The fourth-order valence-corrected chi connectivity index (χ4v) is 3.09. The molecule has 0 radical (unpaired) electrons. The minimum Gasteiger partial charge on any atom is -0.543 e. The van der Waals surface area contributed by atoms with Crippen LogP contribution in [-0.2, 0) is 21.3 Å². The zero-order chi connectivity index (χ0) is 20.6. The van der Waals surface area contributed by atoms with Crippen molar-refractivity contribution in [1.82, 2.24) is 0 Å². The van der Waals surface area contributed by atoms with Gasteiger partial charge in [0.05, 0.1) is 6.42 Å². The van der Waals surface area contributed by atoms with E-state index in [0.717, 1.165) is 12.1 Å². The number of carbonyl (C=O) groups is 1. The van der Waals surface area contributed by atoms with Gasteiger partial charge in [0.2, 0.25) is 8.32 Å². The van der Waals surface area contributed by atoms with Gasteiger partial charge in [0, 0.05) is 6.07 Å². The second-order valence-corrected chi connectivity index (χ2v) is 13.5. The van der Waals surface area contributed by atoms with Gasteiger partial charge in [-0.1, -0.05) is 20.8 Å². The first-order valence-corrected chi connectivity index (χ1v) is 11.8. The number of hydrogen-bond donors (Lipinski definition) is 1. The van der Waals surface area contributed by atoms with Crippen molar-refractivity contribution in [3.8, 4) is 11.5 Å². The van der Waals surface area contributed by atoms with Crippen LogP contribution in [0.1, 0.15) is 26.3 Å². The lowest BCUT2D eigenvalue weighted by atomic mass is 10.1. The lowest BCUT2D eigenvalue weighted by Gasteiger charge is -2.36. The summed E-state index contributed by atoms with van der Waals surface area (Å²) in [6.45, 7) is 9.57. The number of hydrogen-bond acceptors (Lipinski definition) is 5. The van der Waals surface area contributed by atoms with Gasteiger partial charge < -0.3 is 13.7 Å². The topological polar surface area (TPSA) is 89.9 Å². The molecule has 1 aromatic rings. The second kappa shape index (κ2) is 7.10. The average Bonchev–Trinajstić information content (AvgIpc) is 2.32. The van der Waals surface area contributed by atoms with Gasteiger partial charge in [-0.25, -0.2) is 0 Å². The molecule has 0 spiro atoms. The second-order valence-electron chi connectivity index (χ2n) is 7.23. The van der Waals surface area contributed by atoms with Gasteiger partial charge in [0.15, 0.2) is 0 Å². The third-order valence-corrected chi connectivity index (χ3v) is 9.30. The van der Waals surface area contributed by atoms with Gasteiger partial charge in [0.25, 0.3) is 0 Å². The van der Waals surface area contributed by atoms with E-state index in [2.05, 4.69) is 4.18 Å². The highest BCUT2D eigenvalue weighted by Crippen LogP contribution is 2.39. The van der Waals surface area contributed by atoms with Gasteiger partial charge in [-0.2, -0.15) is 21.6 Å². The Morgan fingerprint density at radius 2 is 1.62 bits per heavy atom. The van der Waals surface area contributed by atoms with E-state index < -0.39 is 42.1 Å². The first-order chi connectivity index (χ1) is 11.4. The maximum absolute atomic E-state index is 12.5. The molecule has 6 nitrogen and oxygen atoms in total. The Bertz CT molecular complexity index is 782. The third-order valence-electron chi connectivity index (χ3n) is 3.96. The Morgan fingerprint density at radius 1 is 1.12 bits per heavy atom. The first kappa shape index (κ1) is 22.3. The Hall–Kier alpha value is -1.75. The number of benzene rings is 1. The van der Waals surface area contributed by atoms with Crippen LogP contribution in [0.3, 0.4) is 0 Å². The number of alkyl halides is 3. The molecule has 0 saturated carbocycles. The summed E-state index contributed by atoms with van der Waals surface area (Å²) in [7, 11) is -8.28. The van der Waals surface area contributed by atoms with E-state index in [4.69, 9.17) is 9.53 Å². The maximum Gasteiger partial charge on any atom is 0.534 e. The average molecular weight is 414 g/mol. The Labute approximate surface area is 151 Å². The normalized spacial score (nSPS) is 13.4. The van der Waals surface area contributed by atoms with Crippen LogP contribution in [0.5, 0.6) is 11.5 Å². The fourth-order valence-electron chi connectivity index (χ4n) is 1.64. The Kier molecular flexibility index (Phi) is 6.09. The van der Waals surface area contributed by atoms with Gasteiger partial charge in [0.1, 0.15) is 11.5 Å². The molecule has 0 bridgehead atoms. The van der Waals surface area contributed by atoms with Crippen molar-refractivity contribution >= 4 is 24.4 Å². The molecule has 148 valence electrons. The summed E-state index contributed by atoms with van der Waals surface area (Å²) in [4.78, 5) is 10.9. The zero-order valence-electron chi connectivity index (χ0n) is 15.0. The van der Waals surface area contributed by atoms with E-state index in [1.165, 1.54) is 6.07 Å². The Balaban J connectivity index is 3.34. The van der Waals surface area contributed by atoms with Crippen molar-refractivity contribution in [3.05, 3.63) is 23.8 Å². The first-order valence-electron chi connectivity index (χ1n) is 7.50. The SMILES string of the molecule is CC(C)(C)[Si](C)(C)Oc1cc(CC(=O)O)cc(OS(=O)(=O)C(F)(F)F)c1. The van der Waals surface area contributed by atoms with E-state index in [0.29, 0.717) is 0 Å². The van der Waals surface area contributed by atoms with Gasteiger partial charge >= 0.3 is 21.6 Å². The lowest BCUT2D eigenvalue weighted by Crippen LogP contribution is -2.43. The Morgan fingerprint density at radius 3 is 2.04 bits per heavy atom. The molecule has 0 aromatic heterocycles. The summed E-state index contributed by atoms with van der Waals surface area (Å²) in [5.41, 5.74) is -5.54. The smallest absolute Gasteiger partial charge is 0.534 e. The molecule has 1 rings (SSSR count). The predicted octanol–water partition coefficient (Wildman–Crippen LogP) is 3.93. The van der Waals surface area contributed by atoms with Gasteiger partial charge in [-0.05, 0) is 35.8 Å². The molecule has 0 aliphatic carbocycles. The van der Waals surface area contributed by atoms with Gasteiger partial charge in [-0.3, -0.25) is 4.79 Å². The molecular formula is C15H21F3O6SSi. The molecule has 0 amide bonds. The molecule has 11 heteroatoms. The van der Waals surface area contributed by atoms with Crippen molar-refractivity contribution in [1.29, 1.82) is 0 Å². The predicted molar refractivity (Wildman–Crippen MR) is 91.2 cm³/mol. The molecule has 1 N–H and O–H groups in total. The monoisotopic (exact) mass is 414 g/mol. The van der Waals surface area contributed by atoms with Crippen LogP contribution in [0.15, 0.2) is 18.2 Å². The maximum atomic E-state index is 12.5. The van der Waals surface area contributed by atoms with Crippen LogP contribution in [0.2, 0.25) is 18.1 Å². The molecule has 0 saturated heterocycles. The molecule has 0 atom stereocenters. The summed E-state index contributed by atoms with van der Waals surface area (Å²) >= 11 is 0. The molecule has 26 heavy (non-hydrogen) atoms. The van der Waals surface area contributed by atoms with Crippen molar-refractivity contribution < 1.29 is 40.1 Å². The summed E-state index contributed by atoms with van der Waals surface area (Å²) in [5.74, 6) is -1.84. The lowest BCUT2D eigenvalue weighted by molar-refractivity contribution is -0.136. The summed E-state index contributed by atoms with van der Waals surface area (Å²) < 4.78 is 70.0. The minimum atomic E-state index is -5.88. The molecule has 0 aliphatic heterocycles. The zero-order valence-corrected chi connectivity index (χ0v) is 16.8. The van der Waals surface area contributed by atoms with Crippen molar-refractivity contribution in [2.75, 3.05) is 0 Å². The number of halogens is 3. The largest absolute Gasteiger partial charge is 0.543 e. The van der Waals surface area contributed by atoms with E-state index in [1.54, 1.807) is 0 Å². The number of rotatable bonds is 6. The van der Waals surface area contributed by atoms with Crippen LogP contribution in [0.25, 0.3) is 0 Å². The molecular weight excluding hydrogens is 393 g/mol. The molecule has 0 aliphatic rings. The number of aliphatic carboxylic acids is 1. The van der Waals surface area contributed by atoms with Crippen molar-refractivity contribution in [2.45, 2.75) is 50.8 Å². The quantitative estimate of drug-likeness (QED) is 0.431. The van der Waals surface area contributed by atoms with Crippen LogP contribution < -0.4 is 8.61 Å². The highest BCUT2D eigenvalue weighted by Gasteiger charge is 2.48. The van der Waals surface area contributed by atoms with Crippen LogP contribution >= 0.6 is 0 Å². The van der Waals surface area contributed by atoms with E-state index in [9.17, 15) is 26.4 Å². The van der Waals surface area contributed by atoms with Crippen LogP contribution in [0.4, 0.5) is 13.2 Å². The van der Waals surface area contributed by atoms with Crippen molar-refractivity contribution in [2.24, 2.45) is 0 Å². The van der Waals surface area contributed by atoms with Crippen LogP contribution in [-0.4, -0.2) is 33.3 Å². The molecule has 0 heterocycles. The highest BCUT2D eigenvalue weighted by atomic mass is 32.2. The molecule has 1 aromatic carbocycles. The van der Waals surface area contributed by atoms with Gasteiger partial charge in [-0.15, -0.1) is 0 Å². The molecule has 0 fully saturated rings. The number of carboxylic acid groups (broad SMARTS) is 1. The standard InChI is InChI=1S/C15H21F3O6SSi/c1-14(2,3)26(4,5)24-12-7-10(8-13(19)20)6-11(9-12)23-25(21,22)15(16,17)18/h6-7,9H,8H2,1-5H3,(H,19,20). The molecule has 0 unspecified atom stereocenters. The van der Waals surface area contributed by atoms with Crippen LogP contribution in [0, 0.1) is 0 Å². The van der Waals surface area contributed by atoms with Crippen molar-refractivity contribution in [3.63, 3.8) is 0 Å². The van der Waals surface area contributed by atoms with E-state index in [-0.39, 0.29) is 16.4 Å². The van der Waals surface area contributed by atoms with E-state index >= 15 is 0 Å².